The van der Waals surface area contributed by atoms with Crippen molar-refractivity contribution < 1.29 is 23.8 Å². The average Bonchev–Trinajstić information content (AvgIpc) is 2.61. The summed E-state index contributed by atoms with van der Waals surface area (Å²) < 4.78 is 15.7. The molecular formula is C19H18O5. The number of hydrogen-bond acceptors (Lipinski definition) is 5. The third-order valence-corrected chi connectivity index (χ3v) is 3.81. The SMILES string of the molecule is CCOC(=O)COc1ccc([C@H]2Cc3ccccc3C(=O)O2)cc1. The molecule has 0 N–H and O–H groups in total. The van der Waals surface area contributed by atoms with Gasteiger partial charge in [-0.15, -0.1) is 0 Å². The smallest absolute Gasteiger partial charge is 0.344 e. The maximum atomic E-state index is 12.1. The van der Waals surface area contributed by atoms with Gasteiger partial charge in [-0.25, -0.2) is 9.59 Å². The van der Waals surface area contributed by atoms with E-state index >= 15 is 0 Å². The summed E-state index contributed by atoms with van der Waals surface area (Å²) in [6.07, 6.45) is 0.330. The standard InChI is InChI=1S/C19H18O5/c1-2-22-18(20)12-23-15-9-7-13(8-10-15)17-11-14-5-3-4-6-16(14)19(21)24-17/h3-10,17H,2,11-12H2,1H3/t17-/m1/s1. The molecule has 0 saturated heterocycles. The van der Waals surface area contributed by atoms with E-state index in [9.17, 15) is 9.59 Å². The molecule has 5 nitrogen and oxygen atoms in total. The molecule has 1 heterocycles. The highest BCUT2D eigenvalue weighted by atomic mass is 16.6. The van der Waals surface area contributed by atoms with Crippen LogP contribution in [0, 0.1) is 0 Å². The Balaban J connectivity index is 1.66. The van der Waals surface area contributed by atoms with Gasteiger partial charge in [0.15, 0.2) is 6.61 Å². The van der Waals surface area contributed by atoms with Gasteiger partial charge in [-0.05, 0) is 36.2 Å². The van der Waals surface area contributed by atoms with Crippen molar-refractivity contribution in [3.8, 4) is 5.75 Å². The van der Waals surface area contributed by atoms with Crippen LogP contribution in [0.2, 0.25) is 0 Å². The molecule has 0 spiro atoms. The largest absolute Gasteiger partial charge is 0.482 e. The summed E-state index contributed by atoms with van der Waals surface area (Å²) in [5, 5.41) is 0. The Morgan fingerprint density at radius 2 is 1.92 bits per heavy atom. The van der Waals surface area contributed by atoms with E-state index in [-0.39, 0.29) is 18.7 Å². The fourth-order valence-electron chi connectivity index (χ4n) is 2.64. The third kappa shape index (κ3) is 3.56. The van der Waals surface area contributed by atoms with Gasteiger partial charge in [-0.3, -0.25) is 0 Å². The van der Waals surface area contributed by atoms with E-state index in [0.717, 1.165) is 11.1 Å². The van der Waals surface area contributed by atoms with Crippen molar-refractivity contribution in [2.75, 3.05) is 13.2 Å². The summed E-state index contributed by atoms with van der Waals surface area (Å²) in [7, 11) is 0. The van der Waals surface area contributed by atoms with E-state index in [1.54, 1.807) is 25.1 Å². The predicted molar refractivity (Wildman–Crippen MR) is 86.9 cm³/mol. The van der Waals surface area contributed by atoms with E-state index in [1.165, 1.54) is 0 Å². The molecule has 1 atom stereocenters. The van der Waals surface area contributed by atoms with E-state index in [1.807, 2.05) is 30.3 Å². The van der Waals surface area contributed by atoms with Gasteiger partial charge in [0, 0.05) is 6.42 Å². The number of esters is 2. The summed E-state index contributed by atoms with van der Waals surface area (Å²) in [6, 6.07) is 14.7. The van der Waals surface area contributed by atoms with Crippen LogP contribution in [0.25, 0.3) is 0 Å². The first-order chi connectivity index (χ1) is 11.7. The topological polar surface area (TPSA) is 61.8 Å². The van der Waals surface area contributed by atoms with Crippen LogP contribution >= 0.6 is 0 Å². The Bertz CT molecular complexity index is 736. The Morgan fingerprint density at radius 3 is 2.67 bits per heavy atom. The van der Waals surface area contributed by atoms with Gasteiger partial charge in [0.1, 0.15) is 11.9 Å². The molecule has 0 amide bonds. The molecule has 0 bridgehead atoms. The van der Waals surface area contributed by atoms with Gasteiger partial charge in [0.2, 0.25) is 0 Å². The zero-order valence-electron chi connectivity index (χ0n) is 13.4. The number of fused-ring (bicyclic) bond motifs is 1. The van der Waals surface area contributed by atoms with Crippen LogP contribution < -0.4 is 4.74 Å². The molecule has 0 aliphatic carbocycles. The van der Waals surface area contributed by atoms with Crippen molar-refractivity contribution in [1.82, 2.24) is 0 Å². The maximum absolute atomic E-state index is 12.1. The second-order valence-corrected chi connectivity index (χ2v) is 5.42. The maximum Gasteiger partial charge on any atom is 0.344 e. The van der Waals surface area contributed by atoms with Crippen molar-refractivity contribution in [3.63, 3.8) is 0 Å². The van der Waals surface area contributed by atoms with Gasteiger partial charge in [-0.2, -0.15) is 0 Å². The highest BCUT2D eigenvalue weighted by Crippen LogP contribution is 2.31. The van der Waals surface area contributed by atoms with E-state index in [2.05, 4.69) is 0 Å². The number of hydrogen-bond donors (Lipinski definition) is 0. The summed E-state index contributed by atoms with van der Waals surface area (Å²) >= 11 is 0. The molecule has 0 saturated carbocycles. The second-order valence-electron chi connectivity index (χ2n) is 5.42. The van der Waals surface area contributed by atoms with Crippen LogP contribution in [-0.4, -0.2) is 25.2 Å². The molecule has 2 aromatic carbocycles. The van der Waals surface area contributed by atoms with Crippen LogP contribution in [-0.2, 0) is 20.7 Å². The summed E-state index contributed by atoms with van der Waals surface area (Å²) in [6.45, 7) is 1.95. The summed E-state index contributed by atoms with van der Waals surface area (Å²) in [5.74, 6) is -0.141. The normalized spacial score (nSPS) is 16.0. The molecule has 124 valence electrons. The number of benzene rings is 2. The first-order valence-electron chi connectivity index (χ1n) is 7.84. The predicted octanol–water partition coefficient (Wildman–Crippen LogP) is 3.08. The lowest BCUT2D eigenvalue weighted by atomic mass is 9.95. The van der Waals surface area contributed by atoms with Gasteiger partial charge >= 0.3 is 11.9 Å². The highest BCUT2D eigenvalue weighted by Gasteiger charge is 2.26. The minimum Gasteiger partial charge on any atom is -0.482 e. The minimum atomic E-state index is -0.403. The summed E-state index contributed by atoms with van der Waals surface area (Å²) in [5.41, 5.74) is 2.51. The molecule has 0 aromatic heterocycles. The third-order valence-electron chi connectivity index (χ3n) is 3.81. The number of carbonyl (C=O) groups is 2. The lowest BCUT2D eigenvalue weighted by molar-refractivity contribution is -0.145. The van der Waals surface area contributed by atoms with Gasteiger partial charge < -0.3 is 14.2 Å². The van der Waals surface area contributed by atoms with Crippen molar-refractivity contribution in [2.45, 2.75) is 19.4 Å². The molecule has 2 aromatic rings. The number of ether oxygens (including phenoxy) is 3. The number of rotatable bonds is 5. The summed E-state index contributed by atoms with van der Waals surface area (Å²) in [4.78, 5) is 23.4. The molecule has 1 aliphatic heterocycles. The van der Waals surface area contributed by atoms with Gasteiger partial charge in [0.05, 0.1) is 12.2 Å². The van der Waals surface area contributed by atoms with Crippen molar-refractivity contribution in [1.29, 1.82) is 0 Å². The highest BCUT2D eigenvalue weighted by molar-refractivity contribution is 5.92. The quantitative estimate of drug-likeness (QED) is 0.790. The van der Waals surface area contributed by atoms with Crippen LogP contribution in [0.4, 0.5) is 0 Å². The molecule has 24 heavy (non-hydrogen) atoms. The van der Waals surface area contributed by atoms with Crippen molar-refractivity contribution in [2.24, 2.45) is 0 Å². The fourth-order valence-corrected chi connectivity index (χ4v) is 2.64. The first-order valence-corrected chi connectivity index (χ1v) is 7.84. The molecule has 3 rings (SSSR count). The Hall–Kier alpha value is -2.82. The molecule has 0 unspecified atom stereocenters. The first kappa shape index (κ1) is 16.1. The van der Waals surface area contributed by atoms with Crippen molar-refractivity contribution >= 4 is 11.9 Å². The van der Waals surface area contributed by atoms with Crippen LogP contribution in [0.3, 0.4) is 0 Å². The van der Waals surface area contributed by atoms with E-state index in [0.29, 0.717) is 24.3 Å². The Labute approximate surface area is 140 Å². The van der Waals surface area contributed by atoms with Crippen LogP contribution in [0.1, 0.15) is 34.5 Å². The Morgan fingerprint density at radius 1 is 1.17 bits per heavy atom. The molecule has 1 aliphatic rings. The second kappa shape index (κ2) is 7.17. The monoisotopic (exact) mass is 326 g/mol. The van der Waals surface area contributed by atoms with Crippen LogP contribution in [0.5, 0.6) is 5.75 Å². The van der Waals surface area contributed by atoms with E-state index < -0.39 is 5.97 Å². The minimum absolute atomic E-state index is 0.126. The molecule has 5 heteroatoms. The van der Waals surface area contributed by atoms with Gasteiger partial charge in [0.25, 0.3) is 0 Å². The molecule has 0 radical (unpaired) electrons. The zero-order chi connectivity index (χ0) is 16.9. The molecular weight excluding hydrogens is 308 g/mol. The zero-order valence-corrected chi connectivity index (χ0v) is 13.4. The lowest BCUT2D eigenvalue weighted by Crippen LogP contribution is -2.21. The average molecular weight is 326 g/mol. The fraction of sp³-hybridized carbons (Fsp3) is 0.263. The van der Waals surface area contributed by atoms with Crippen LogP contribution in [0.15, 0.2) is 48.5 Å². The Kier molecular flexibility index (Phi) is 4.79. The van der Waals surface area contributed by atoms with Gasteiger partial charge in [-0.1, -0.05) is 30.3 Å². The number of cyclic esters (lactones) is 1. The van der Waals surface area contributed by atoms with E-state index in [4.69, 9.17) is 14.2 Å². The lowest BCUT2D eigenvalue weighted by Gasteiger charge is -2.25. The molecule has 0 fully saturated rings. The van der Waals surface area contributed by atoms with Crippen molar-refractivity contribution in [3.05, 3.63) is 65.2 Å². The number of carbonyl (C=O) groups excluding carboxylic acids is 2.